The van der Waals surface area contributed by atoms with Crippen molar-refractivity contribution in [2.45, 2.75) is 17.7 Å². The molecule has 0 fully saturated rings. The molecule has 6 N–H and O–H groups in total. The van der Waals surface area contributed by atoms with Crippen LogP contribution in [-0.4, -0.2) is 46.6 Å². The van der Waals surface area contributed by atoms with Gasteiger partial charge in [0.2, 0.25) is 21.6 Å². The molecule has 5 aromatic rings. The number of nitrogen functional groups attached to an aromatic ring is 1. The van der Waals surface area contributed by atoms with Crippen molar-refractivity contribution >= 4 is 33.1 Å². The maximum Gasteiger partial charge on any atom is 0.355 e. The Hall–Kier alpha value is -4.85. The van der Waals surface area contributed by atoms with Crippen molar-refractivity contribution < 1.29 is 13.2 Å². The summed E-state index contributed by atoms with van der Waals surface area (Å²) in [6, 6.07) is 22.5. The van der Waals surface area contributed by atoms with Gasteiger partial charge in [0, 0.05) is 30.4 Å². The lowest BCUT2D eigenvalue weighted by molar-refractivity contribution is -0.116. The van der Waals surface area contributed by atoms with E-state index >= 15 is 0 Å². The number of sulfonamides is 1. The molecule has 2 heterocycles. The number of benzene rings is 3. The fraction of sp³-hybridized carbons (Fsp3) is 0.143. The highest BCUT2D eigenvalue weighted by molar-refractivity contribution is 7.89. The standard InChI is InChI=1S/C28H28N8O4S/c29-26-27-34-36(22-4-2-1-3-5-22)28(38)35(27)18-24(33-26)20-8-10-21(11-9-20)32-25(37)15-17-31-16-14-19-6-12-23(13-7-19)41(30,39)40/h1-13,18,31H,14-17H2,(H2,29,33)(H,32,37)(H2,30,39,40). The van der Waals surface area contributed by atoms with E-state index in [0.717, 1.165) is 11.1 Å². The van der Waals surface area contributed by atoms with E-state index in [0.29, 0.717) is 36.6 Å². The maximum atomic E-state index is 13.0. The molecular weight excluding hydrogens is 544 g/mol. The molecule has 41 heavy (non-hydrogen) atoms. The normalized spacial score (nSPS) is 11.5. The van der Waals surface area contributed by atoms with Crippen LogP contribution in [-0.2, 0) is 21.2 Å². The fourth-order valence-electron chi connectivity index (χ4n) is 4.23. The van der Waals surface area contributed by atoms with Crippen molar-refractivity contribution in [1.29, 1.82) is 0 Å². The second kappa shape index (κ2) is 11.7. The van der Waals surface area contributed by atoms with E-state index < -0.39 is 10.0 Å². The molecule has 0 bridgehead atoms. The molecular formula is C28H28N8O4S. The van der Waals surface area contributed by atoms with Crippen molar-refractivity contribution in [3.63, 3.8) is 0 Å². The second-order valence-electron chi connectivity index (χ2n) is 9.30. The van der Waals surface area contributed by atoms with Gasteiger partial charge in [-0.15, -0.1) is 5.10 Å². The number of carbonyl (C=O) groups excluding carboxylic acids is 1. The summed E-state index contributed by atoms with van der Waals surface area (Å²) in [5, 5.41) is 15.5. The van der Waals surface area contributed by atoms with Crippen molar-refractivity contribution in [3.8, 4) is 16.9 Å². The summed E-state index contributed by atoms with van der Waals surface area (Å²) in [5.41, 5.74) is 9.45. The van der Waals surface area contributed by atoms with Crippen LogP contribution in [0.15, 0.2) is 94.7 Å². The second-order valence-corrected chi connectivity index (χ2v) is 10.9. The quantitative estimate of drug-likeness (QED) is 0.183. The number of anilines is 2. The van der Waals surface area contributed by atoms with Gasteiger partial charge >= 0.3 is 5.69 Å². The average Bonchev–Trinajstić information content (AvgIpc) is 3.30. The van der Waals surface area contributed by atoms with E-state index in [9.17, 15) is 18.0 Å². The summed E-state index contributed by atoms with van der Waals surface area (Å²) in [7, 11) is -3.70. The van der Waals surface area contributed by atoms with E-state index in [1.165, 1.54) is 21.2 Å². The van der Waals surface area contributed by atoms with Crippen molar-refractivity contribution in [2.24, 2.45) is 5.14 Å². The van der Waals surface area contributed by atoms with Gasteiger partial charge in [-0.3, -0.25) is 4.79 Å². The number of hydrogen-bond acceptors (Lipinski definition) is 8. The highest BCUT2D eigenvalue weighted by Gasteiger charge is 2.14. The van der Waals surface area contributed by atoms with Gasteiger partial charge in [0.1, 0.15) is 0 Å². The van der Waals surface area contributed by atoms with Crippen molar-refractivity contribution in [3.05, 3.63) is 101 Å². The van der Waals surface area contributed by atoms with Gasteiger partial charge in [-0.1, -0.05) is 42.5 Å². The first-order chi connectivity index (χ1) is 19.7. The molecule has 0 aliphatic rings. The molecule has 13 heteroatoms. The first-order valence-electron chi connectivity index (χ1n) is 12.7. The van der Waals surface area contributed by atoms with Crippen LogP contribution in [0.25, 0.3) is 22.6 Å². The minimum Gasteiger partial charge on any atom is -0.381 e. The van der Waals surface area contributed by atoms with Crippen LogP contribution >= 0.6 is 0 Å². The maximum absolute atomic E-state index is 13.0. The first-order valence-corrected chi connectivity index (χ1v) is 14.3. The van der Waals surface area contributed by atoms with Gasteiger partial charge in [-0.2, -0.15) is 4.68 Å². The summed E-state index contributed by atoms with van der Waals surface area (Å²) < 4.78 is 25.3. The number of nitrogens with zero attached hydrogens (tertiary/aromatic N) is 4. The van der Waals surface area contributed by atoms with Crippen LogP contribution in [0.4, 0.5) is 11.5 Å². The average molecular weight is 573 g/mol. The molecule has 0 radical (unpaired) electrons. The minimum atomic E-state index is -3.70. The molecule has 2 aromatic heterocycles. The van der Waals surface area contributed by atoms with Gasteiger partial charge in [-0.05, 0) is 54.9 Å². The Morgan fingerprint density at radius 1 is 0.927 bits per heavy atom. The van der Waals surface area contributed by atoms with Gasteiger partial charge < -0.3 is 16.4 Å². The molecule has 1 amide bonds. The highest BCUT2D eigenvalue weighted by atomic mass is 32.2. The van der Waals surface area contributed by atoms with Crippen LogP contribution in [0.3, 0.4) is 0 Å². The summed E-state index contributed by atoms with van der Waals surface area (Å²) in [6.45, 7) is 1.11. The third-order valence-electron chi connectivity index (χ3n) is 6.37. The number of aromatic nitrogens is 4. The molecule has 210 valence electrons. The molecule has 3 aromatic carbocycles. The molecule has 0 saturated heterocycles. The Morgan fingerprint density at radius 3 is 2.32 bits per heavy atom. The zero-order chi connectivity index (χ0) is 29.0. The van der Waals surface area contributed by atoms with Gasteiger partial charge in [0.05, 0.1) is 16.3 Å². The zero-order valence-corrected chi connectivity index (χ0v) is 22.7. The third kappa shape index (κ3) is 6.49. The number of primary sulfonamides is 1. The molecule has 0 atom stereocenters. The summed E-state index contributed by atoms with van der Waals surface area (Å²) in [5.74, 6) is -0.0221. The Labute approximate surface area is 235 Å². The van der Waals surface area contributed by atoms with E-state index in [-0.39, 0.29) is 34.4 Å². The van der Waals surface area contributed by atoms with Gasteiger partial charge in [0.25, 0.3) is 0 Å². The van der Waals surface area contributed by atoms with E-state index in [1.54, 1.807) is 54.7 Å². The highest BCUT2D eigenvalue weighted by Crippen LogP contribution is 2.22. The Bertz CT molecular complexity index is 1850. The molecule has 0 aliphatic heterocycles. The number of carbonyl (C=O) groups is 1. The number of para-hydroxylation sites is 1. The molecule has 0 spiro atoms. The monoisotopic (exact) mass is 572 g/mol. The zero-order valence-electron chi connectivity index (χ0n) is 21.9. The Morgan fingerprint density at radius 2 is 1.63 bits per heavy atom. The Balaban J connectivity index is 1.15. The topological polar surface area (TPSA) is 180 Å². The number of fused-ring (bicyclic) bond motifs is 1. The molecule has 12 nitrogen and oxygen atoms in total. The summed E-state index contributed by atoms with van der Waals surface area (Å²) >= 11 is 0. The summed E-state index contributed by atoms with van der Waals surface area (Å²) in [6.07, 6.45) is 2.54. The van der Waals surface area contributed by atoms with Crippen molar-refractivity contribution in [1.82, 2.24) is 24.5 Å². The Kier molecular flexibility index (Phi) is 7.92. The predicted molar refractivity (Wildman–Crippen MR) is 156 cm³/mol. The lowest BCUT2D eigenvalue weighted by atomic mass is 10.1. The SMILES string of the molecule is Nc1nc(-c2ccc(NC(=O)CCNCCc3ccc(S(N)(=O)=O)cc3)cc2)cn2c(=O)n(-c3ccccc3)nc12. The largest absolute Gasteiger partial charge is 0.381 e. The number of hydrogen-bond donors (Lipinski definition) is 4. The van der Waals surface area contributed by atoms with Gasteiger partial charge in [-0.25, -0.2) is 27.7 Å². The predicted octanol–water partition coefficient (Wildman–Crippen LogP) is 1.94. The van der Waals surface area contributed by atoms with Crippen LogP contribution < -0.4 is 27.2 Å². The first kappa shape index (κ1) is 27.7. The molecule has 0 unspecified atom stereocenters. The van der Waals surface area contributed by atoms with E-state index in [4.69, 9.17) is 10.9 Å². The van der Waals surface area contributed by atoms with E-state index in [2.05, 4.69) is 20.7 Å². The number of amides is 1. The van der Waals surface area contributed by atoms with Crippen molar-refractivity contribution in [2.75, 3.05) is 24.1 Å². The van der Waals surface area contributed by atoms with Crippen LogP contribution in [0.2, 0.25) is 0 Å². The van der Waals surface area contributed by atoms with E-state index in [1.807, 2.05) is 18.2 Å². The minimum absolute atomic E-state index is 0.0756. The van der Waals surface area contributed by atoms with Gasteiger partial charge in [0.15, 0.2) is 5.82 Å². The molecule has 0 saturated carbocycles. The third-order valence-corrected chi connectivity index (χ3v) is 7.30. The van der Waals surface area contributed by atoms with Crippen LogP contribution in [0.1, 0.15) is 12.0 Å². The molecule has 0 aliphatic carbocycles. The molecule has 5 rings (SSSR count). The van der Waals surface area contributed by atoms with Crippen LogP contribution in [0.5, 0.6) is 0 Å². The number of rotatable bonds is 10. The fourth-order valence-corrected chi connectivity index (χ4v) is 4.75. The van der Waals surface area contributed by atoms with Crippen LogP contribution in [0, 0.1) is 0 Å². The summed E-state index contributed by atoms with van der Waals surface area (Å²) in [4.78, 5) is 29.9. The number of nitrogens with one attached hydrogen (secondary N) is 2. The number of nitrogens with two attached hydrogens (primary N) is 2. The lowest BCUT2D eigenvalue weighted by Gasteiger charge is -2.08. The smallest absolute Gasteiger partial charge is 0.355 e. The lowest BCUT2D eigenvalue weighted by Crippen LogP contribution is -2.23.